The zero-order chi connectivity index (χ0) is 20.8. The van der Waals surface area contributed by atoms with E-state index >= 15 is 0 Å². The van der Waals surface area contributed by atoms with Gasteiger partial charge in [0.2, 0.25) is 5.60 Å². The number of pyridine rings is 1. The number of likely N-dealkylation sites (N-methyl/N-ethyl adjacent to an activating group) is 1. The number of primary amides is 1. The lowest BCUT2D eigenvalue weighted by Crippen LogP contribution is -2.37. The standard InChI is InChI=1S/C20H16BrN5O3/c1-25-9-7-20(29,19(25)28)6-4-12-5-8-23-16(10-12)26-15-3-2-13(21)11-14(15)17(24-26)18(22)27/h2-3,5,8,10-11,29H,7,9H2,1H3,(H2,22,27)/t20-/m0/s1. The van der Waals surface area contributed by atoms with E-state index in [9.17, 15) is 14.7 Å². The SMILES string of the molecule is CN1CC[C@@](O)(C#Cc2ccnc(-n3nc(C(N)=O)c4cc(Br)ccc43)c2)C1=O. The first kappa shape index (κ1) is 19.1. The van der Waals surface area contributed by atoms with E-state index in [1.807, 2.05) is 6.07 Å². The number of hydrogen-bond acceptors (Lipinski definition) is 5. The number of halogens is 1. The van der Waals surface area contributed by atoms with Crippen LogP contribution in [0, 0.1) is 11.8 Å². The van der Waals surface area contributed by atoms with Gasteiger partial charge in [-0.1, -0.05) is 27.8 Å². The molecule has 0 saturated carbocycles. The van der Waals surface area contributed by atoms with Gasteiger partial charge in [-0.3, -0.25) is 9.59 Å². The van der Waals surface area contributed by atoms with Crippen LogP contribution in [0.3, 0.4) is 0 Å². The molecule has 0 radical (unpaired) electrons. The molecular formula is C20H16BrN5O3. The highest BCUT2D eigenvalue weighted by Gasteiger charge is 2.42. The van der Waals surface area contributed by atoms with Gasteiger partial charge in [0.1, 0.15) is 0 Å². The van der Waals surface area contributed by atoms with Gasteiger partial charge in [0.25, 0.3) is 11.8 Å². The molecule has 3 aromatic rings. The number of benzene rings is 1. The zero-order valence-corrected chi connectivity index (χ0v) is 17.0. The fourth-order valence-electron chi connectivity index (χ4n) is 3.20. The first-order valence-corrected chi connectivity index (χ1v) is 9.53. The molecule has 9 heteroatoms. The Bertz CT molecular complexity index is 1230. The molecule has 0 spiro atoms. The Morgan fingerprint density at radius 2 is 2.14 bits per heavy atom. The number of aliphatic hydroxyl groups is 1. The highest BCUT2D eigenvalue weighted by molar-refractivity contribution is 9.10. The largest absolute Gasteiger partial charge is 0.369 e. The molecule has 29 heavy (non-hydrogen) atoms. The van der Waals surface area contributed by atoms with E-state index in [1.54, 1.807) is 37.5 Å². The summed E-state index contributed by atoms with van der Waals surface area (Å²) < 4.78 is 2.30. The zero-order valence-electron chi connectivity index (χ0n) is 15.4. The number of nitrogens with zero attached hydrogens (tertiary/aromatic N) is 4. The van der Waals surface area contributed by atoms with E-state index in [1.165, 1.54) is 9.58 Å². The number of fused-ring (bicyclic) bond motifs is 1. The molecule has 3 heterocycles. The van der Waals surface area contributed by atoms with Crippen molar-refractivity contribution in [1.29, 1.82) is 0 Å². The van der Waals surface area contributed by atoms with E-state index in [-0.39, 0.29) is 12.1 Å². The molecule has 0 unspecified atom stereocenters. The van der Waals surface area contributed by atoms with E-state index in [0.717, 1.165) is 4.47 Å². The molecule has 1 saturated heterocycles. The fraction of sp³-hybridized carbons (Fsp3) is 0.200. The molecule has 1 aromatic carbocycles. The summed E-state index contributed by atoms with van der Waals surface area (Å²) in [6.45, 7) is 0.455. The second-order valence-corrected chi connectivity index (χ2v) is 7.69. The minimum atomic E-state index is -1.68. The molecule has 1 aliphatic rings. The number of amides is 2. The highest BCUT2D eigenvalue weighted by Crippen LogP contribution is 2.25. The van der Waals surface area contributed by atoms with Crippen molar-refractivity contribution in [3.05, 3.63) is 52.3 Å². The smallest absolute Gasteiger partial charge is 0.269 e. The highest BCUT2D eigenvalue weighted by atomic mass is 79.9. The van der Waals surface area contributed by atoms with Crippen LogP contribution in [-0.4, -0.2) is 55.8 Å². The summed E-state index contributed by atoms with van der Waals surface area (Å²) in [5.74, 6) is 4.90. The predicted molar refractivity (Wildman–Crippen MR) is 109 cm³/mol. The Morgan fingerprint density at radius 1 is 1.34 bits per heavy atom. The molecule has 1 aliphatic heterocycles. The van der Waals surface area contributed by atoms with Gasteiger partial charge in [-0.2, -0.15) is 5.10 Å². The summed E-state index contributed by atoms with van der Waals surface area (Å²) in [6, 6.07) is 8.72. The summed E-state index contributed by atoms with van der Waals surface area (Å²) in [6.07, 6.45) is 1.80. The minimum Gasteiger partial charge on any atom is -0.369 e. The first-order valence-electron chi connectivity index (χ1n) is 8.74. The van der Waals surface area contributed by atoms with E-state index in [2.05, 4.69) is 37.9 Å². The molecule has 4 rings (SSSR count). The Hall–Kier alpha value is -3.22. The molecule has 1 fully saturated rings. The summed E-state index contributed by atoms with van der Waals surface area (Å²) >= 11 is 3.38. The topological polar surface area (TPSA) is 114 Å². The van der Waals surface area contributed by atoms with Crippen LogP contribution in [0.5, 0.6) is 0 Å². The van der Waals surface area contributed by atoms with Gasteiger partial charge in [-0.25, -0.2) is 9.67 Å². The van der Waals surface area contributed by atoms with Gasteiger partial charge in [0, 0.05) is 41.6 Å². The molecule has 1 atom stereocenters. The molecule has 8 nitrogen and oxygen atoms in total. The lowest BCUT2D eigenvalue weighted by molar-refractivity contribution is -0.137. The number of carbonyl (C=O) groups excluding carboxylic acids is 2. The van der Waals surface area contributed by atoms with Crippen LogP contribution in [0.4, 0.5) is 0 Å². The molecule has 146 valence electrons. The van der Waals surface area contributed by atoms with Crippen LogP contribution in [0.25, 0.3) is 16.7 Å². The Morgan fingerprint density at radius 3 is 2.83 bits per heavy atom. The van der Waals surface area contributed by atoms with Crippen LogP contribution in [0.1, 0.15) is 22.5 Å². The van der Waals surface area contributed by atoms with E-state index in [4.69, 9.17) is 5.73 Å². The van der Waals surface area contributed by atoms with Crippen molar-refractivity contribution in [2.75, 3.05) is 13.6 Å². The van der Waals surface area contributed by atoms with Gasteiger partial charge >= 0.3 is 0 Å². The quantitative estimate of drug-likeness (QED) is 0.566. The maximum Gasteiger partial charge on any atom is 0.269 e. The normalized spacial score (nSPS) is 18.7. The number of nitrogens with two attached hydrogens (primary N) is 1. The number of rotatable bonds is 2. The lowest BCUT2D eigenvalue weighted by atomic mass is 10.0. The van der Waals surface area contributed by atoms with E-state index in [0.29, 0.717) is 28.8 Å². The average Bonchev–Trinajstić information content (AvgIpc) is 3.20. The Kier molecular flexibility index (Phi) is 4.61. The lowest BCUT2D eigenvalue weighted by Gasteiger charge is -2.13. The van der Waals surface area contributed by atoms with Crippen LogP contribution >= 0.6 is 15.9 Å². The van der Waals surface area contributed by atoms with Gasteiger partial charge in [0.15, 0.2) is 11.5 Å². The van der Waals surface area contributed by atoms with Gasteiger partial charge in [-0.05, 0) is 30.3 Å². The van der Waals surface area contributed by atoms with Crippen molar-refractivity contribution in [2.45, 2.75) is 12.0 Å². The summed E-state index contributed by atoms with van der Waals surface area (Å²) in [4.78, 5) is 29.6. The maximum atomic E-state index is 12.1. The summed E-state index contributed by atoms with van der Waals surface area (Å²) in [5.41, 5.74) is 5.13. The molecule has 0 bridgehead atoms. The van der Waals surface area contributed by atoms with Crippen LogP contribution in [0.15, 0.2) is 41.0 Å². The predicted octanol–water partition coefficient (Wildman–Crippen LogP) is 1.23. The average molecular weight is 454 g/mol. The Balaban J connectivity index is 1.77. The van der Waals surface area contributed by atoms with Crippen molar-refractivity contribution >= 4 is 38.6 Å². The monoisotopic (exact) mass is 453 g/mol. The summed E-state index contributed by atoms with van der Waals surface area (Å²) in [7, 11) is 1.63. The van der Waals surface area contributed by atoms with Gasteiger partial charge < -0.3 is 15.7 Å². The van der Waals surface area contributed by atoms with Crippen molar-refractivity contribution in [3.8, 4) is 17.7 Å². The van der Waals surface area contributed by atoms with Gasteiger partial charge in [0.05, 0.1) is 5.52 Å². The molecule has 2 amide bonds. The second kappa shape index (κ2) is 6.99. The Labute approximate surface area is 174 Å². The van der Waals surface area contributed by atoms with Crippen molar-refractivity contribution < 1.29 is 14.7 Å². The number of carbonyl (C=O) groups is 2. The number of aromatic nitrogens is 3. The number of likely N-dealkylation sites (tertiary alicyclic amines) is 1. The van der Waals surface area contributed by atoms with Crippen molar-refractivity contribution in [3.63, 3.8) is 0 Å². The molecule has 2 aromatic heterocycles. The fourth-order valence-corrected chi connectivity index (χ4v) is 3.57. The third kappa shape index (κ3) is 3.37. The third-order valence-electron chi connectivity index (χ3n) is 4.76. The molecular weight excluding hydrogens is 438 g/mol. The third-order valence-corrected chi connectivity index (χ3v) is 5.25. The van der Waals surface area contributed by atoms with Crippen molar-refractivity contribution in [2.24, 2.45) is 5.73 Å². The van der Waals surface area contributed by atoms with Gasteiger partial charge in [-0.15, -0.1) is 0 Å². The van der Waals surface area contributed by atoms with Crippen LogP contribution in [-0.2, 0) is 4.79 Å². The molecule has 0 aliphatic carbocycles. The van der Waals surface area contributed by atoms with Crippen LogP contribution < -0.4 is 5.73 Å². The van der Waals surface area contributed by atoms with Crippen molar-refractivity contribution in [1.82, 2.24) is 19.7 Å². The second-order valence-electron chi connectivity index (χ2n) is 6.78. The first-order chi connectivity index (χ1) is 13.8. The maximum absolute atomic E-state index is 12.1. The minimum absolute atomic E-state index is 0.133. The van der Waals surface area contributed by atoms with E-state index < -0.39 is 17.4 Å². The number of hydrogen-bond donors (Lipinski definition) is 2. The molecule has 3 N–H and O–H groups in total. The summed E-state index contributed by atoms with van der Waals surface area (Å²) in [5, 5.41) is 15.4. The van der Waals surface area contributed by atoms with Crippen LogP contribution in [0.2, 0.25) is 0 Å².